The van der Waals surface area contributed by atoms with Gasteiger partial charge in [-0.2, -0.15) is 0 Å². The second-order valence-corrected chi connectivity index (χ2v) is 10.1. The summed E-state index contributed by atoms with van der Waals surface area (Å²) in [6, 6.07) is 5.10. The number of benzene rings is 1. The second-order valence-electron chi connectivity index (χ2n) is 5.71. The maximum Gasteiger partial charge on any atom is 0.338 e. The van der Waals surface area contributed by atoms with Crippen LogP contribution < -0.4 is 9.86 Å². The molecule has 2 rings (SSSR count). The Bertz CT molecular complexity index is 1050. The van der Waals surface area contributed by atoms with Crippen LogP contribution in [0.25, 0.3) is 0 Å². The largest absolute Gasteiger partial charge is 0.461 e. The number of esters is 1. The third kappa shape index (κ3) is 6.43. The third-order valence-electron chi connectivity index (χ3n) is 3.81. The number of likely N-dealkylation sites (N-methyl/N-ethyl adjacent to an activating group) is 1. The van der Waals surface area contributed by atoms with E-state index in [1.165, 1.54) is 24.3 Å². The third-order valence-corrected chi connectivity index (χ3v) is 7.44. The van der Waals surface area contributed by atoms with Crippen LogP contribution in [0.5, 0.6) is 0 Å². The number of ether oxygens (including phenoxy) is 1. The van der Waals surface area contributed by atoms with Gasteiger partial charge in [-0.3, -0.25) is 4.72 Å². The topological polar surface area (TPSA) is 162 Å². The Balaban J connectivity index is 2.02. The molecular formula is C15H21N5O6S3. The lowest BCUT2D eigenvalue weighted by Gasteiger charge is -2.17. The molecule has 0 atom stereocenters. The quantitative estimate of drug-likeness (QED) is 0.477. The van der Waals surface area contributed by atoms with E-state index in [0.717, 1.165) is 13.1 Å². The maximum atomic E-state index is 12.4. The zero-order valence-electron chi connectivity index (χ0n) is 15.7. The van der Waals surface area contributed by atoms with Crippen LogP contribution in [0, 0.1) is 0 Å². The van der Waals surface area contributed by atoms with Crippen LogP contribution in [-0.2, 0) is 24.8 Å². The molecule has 1 aromatic carbocycles. The number of anilines is 1. The zero-order chi connectivity index (χ0) is 21.7. The van der Waals surface area contributed by atoms with E-state index in [1.807, 2.05) is 13.8 Å². The molecule has 2 aromatic rings. The summed E-state index contributed by atoms with van der Waals surface area (Å²) >= 11 is 0.481. The molecule has 0 aliphatic carbocycles. The average Bonchev–Trinajstić information content (AvgIpc) is 3.13. The number of carbonyl (C=O) groups is 1. The summed E-state index contributed by atoms with van der Waals surface area (Å²) in [5, 5.41) is 11.4. The van der Waals surface area contributed by atoms with Gasteiger partial charge < -0.3 is 9.64 Å². The van der Waals surface area contributed by atoms with Gasteiger partial charge >= 0.3 is 5.97 Å². The smallest absolute Gasteiger partial charge is 0.338 e. The van der Waals surface area contributed by atoms with E-state index in [9.17, 15) is 21.6 Å². The molecule has 11 nitrogen and oxygen atoms in total. The fourth-order valence-electron chi connectivity index (χ4n) is 2.20. The highest BCUT2D eigenvalue weighted by molar-refractivity contribution is 7.93. The van der Waals surface area contributed by atoms with Crippen molar-refractivity contribution >= 4 is 42.5 Å². The molecule has 29 heavy (non-hydrogen) atoms. The standard InChI is InChI=1S/C15H21N5O6S3/c1-3-20(4-2)9-10-26-13(21)11-5-7-12(8-6-11)29(24,25)19-14-17-18-15(27-14)28(16,22)23/h5-8H,3-4,9-10H2,1-2H3,(H,17,19)(H2,16,22,23). The molecule has 0 saturated heterocycles. The summed E-state index contributed by atoms with van der Waals surface area (Å²) in [4.78, 5) is 14.0. The summed E-state index contributed by atoms with van der Waals surface area (Å²) in [6.45, 7) is 6.55. The van der Waals surface area contributed by atoms with E-state index in [-0.39, 0.29) is 22.2 Å². The Morgan fingerprint density at radius 1 is 1.14 bits per heavy atom. The van der Waals surface area contributed by atoms with Crippen molar-refractivity contribution in [2.24, 2.45) is 5.14 Å². The first-order chi connectivity index (χ1) is 13.6. The summed E-state index contributed by atoms with van der Waals surface area (Å²) in [7, 11) is -8.14. The Morgan fingerprint density at radius 3 is 2.28 bits per heavy atom. The highest BCUT2D eigenvalue weighted by Crippen LogP contribution is 2.22. The van der Waals surface area contributed by atoms with E-state index in [1.54, 1.807) is 0 Å². The number of rotatable bonds is 10. The van der Waals surface area contributed by atoms with Crippen molar-refractivity contribution in [1.82, 2.24) is 15.1 Å². The summed E-state index contributed by atoms with van der Waals surface area (Å²) < 4.78 is 53.9. The second kappa shape index (κ2) is 9.58. The molecule has 0 aliphatic rings. The fourth-order valence-corrected chi connectivity index (χ4v) is 4.76. The van der Waals surface area contributed by atoms with Gasteiger partial charge in [0.2, 0.25) is 9.47 Å². The first-order valence-corrected chi connectivity index (χ1v) is 12.3. The van der Waals surface area contributed by atoms with Gasteiger partial charge in [0.25, 0.3) is 20.0 Å². The van der Waals surface area contributed by atoms with Gasteiger partial charge in [-0.15, -0.1) is 10.2 Å². The van der Waals surface area contributed by atoms with Gasteiger partial charge in [-0.25, -0.2) is 26.8 Å². The lowest BCUT2D eigenvalue weighted by atomic mass is 10.2. The Morgan fingerprint density at radius 2 is 1.76 bits per heavy atom. The van der Waals surface area contributed by atoms with Crippen molar-refractivity contribution in [3.63, 3.8) is 0 Å². The number of primary sulfonamides is 1. The first kappa shape index (κ1) is 23.2. The van der Waals surface area contributed by atoms with Crippen LogP contribution in [0.4, 0.5) is 5.13 Å². The maximum absolute atomic E-state index is 12.4. The van der Waals surface area contributed by atoms with Gasteiger partial charge in [0.05, 0.1) is 10.5 Å². The van der Waals surface area contributed by atoms with Crippen LogP contribution >= 0.6 is 11.3 Å². The SMILES string of the molecule is CCN(CC)CCOC(=O)c1ccc(S(=O)(=O)Nc2nnc(S(N)(=O)=O)s2)cc1. The minimum atomic E-state index is -4.08. The fraction of sp³-hybridized carbons (Fsp3) is 0.400. The number of aromatic nitrogens is 2. The molecule has 0 fully saturated rings. The molecule has 0 bridgehead atoms. The number of nitrogens with one attached hydrogen (secondary N) is 1. The zero-order valence-corrected chi connectivity index (χ0v) is 18.2. The van der Waals surface area contributed by atoms with E-state index in [4.69, 9.17) is 9.88 Å². The molecule has 0 saturated carbocycles. The normalized spacial score (nSPS) is 12.1. The van der Waals surface area contributed by atoms with E-state index >= 15 is 0 Å². The van der Waals surface area contributed by atoms with Crippen molar-refractivity contribution in [3.8, 4) is 0 Å². The molecular weight excluding hydrogens is 442 g/mol. The van der Waals surface area contributed by atoms with Crippen LogP contribution in [0.3, 0.4) is 0 Å². The molecule has 0 spiro atoms. The van der Waals surface area contributed by atoms with Gasteiger partial charge in [0.15, 0.2) is 0 Å². The average molecular weight is 464 g/mol. The number of hydrogen-bond donors (Lipinski definition) is 2. The predicted molar refractivity (Wildman–Crippen MR) is 107 cm³/mol. The van der Waals surface area contributed by atoms with Gasteiger partial charge in [0, 0.05) is 6.54 Å². The van der Waals surface area contributed by atoms with Crippen molar-refractivity contribution in [2.45, 2.75) is 23.1 Å². The lowest BCUT2D eigenvalue weighted by Crippen LogP contribution is -2.27. The number of nitrogens with two attached hydrogens (primary N) is 1. The summed E-state index contributed by atoms with van der Waals surface area (Å²) in [5.74, 6) is -0.559. The Hall–Kier alpha value is -2.13. The number of sulfonamides is 2. The predicted octanol–water partition coefficient (Wildman–Crippen LogP) is 0.485. The first-order valence-electron chi connectivity index (χ1n) is 8.45. The van der Waals surface area contributed by atoms with Crippen LogP contribution in [0.2, 0.25) is 0 Å². The molecule has 1 aromatic heterocycles. The van der Waals surface area contributed by atoms with Crippen molar-refractivity contribution < 1.29 is 26.4 Å². The van der Waals surface area contributed by atoms with E-state index < -0.39 is 30.4 Å². The van der Waals surface area contributed by atoms with Crippen LogP contribution in [0.1, 0.15) is 24.2 Å². The minimum absolute atomic E-state index is 0.149. The van der Waals surface area contributed by atoms with Gasteiger partial charge in [0.1, 0.15) is 6.61 Å². The molecule has 14 heteroatoms. The molecule has 160 valence electrons. The van der Waals surface area contributed by atoms with Gasteiger partial charge in [-0.05, 0) is 37.4 Å². The highest BCUT2D eigenvalue weighted by atomic mass is 32.2. The molecule has 0 unspecified atom stereocenters. The van der Waals surface area contributed by atoms with Crippen molar-refractivity contribution in [3.05, 3.63) is 29.8 Å². The monoisotopic (exact) mass is 463 g/mol. The van der Waals surface area contributed by atoms with E-state index in [2.05, 4.69) is 19.8 Å². The molecule has 3 N–H and O–H groups in total. The van der Waals surface area contributed by atoms with Crippen molar-refractivity contribution in [2.75, 3.05) is 31.0 Å². The summed E-state index contributed by atoms with van der Waals surface area (Å²) in [6.07, 6.45) is 0. The Kier molecular flexibility index (Phi) is 7.65. The molecule has 0 aliphatic heterocycles. The molecule has 0 radical (unpaired) electrons. The summed E-state index contributed by atoms with van der Waals surface area (Å²) in [5.41, 5.74) is 0.205. The number of carbonyl (C=O) groups excluding carboxylic acids is 1. The number of hydrogen-bond acceptors (Lipinski definition) is 10. The van der Waals surface area contributed by atoms with Crippen LogP contribution in [0.15, 0.2) is 33.5 Å². The Labute approximate surface area is 173 Å². The molecule has 1 heterocycles. The van der Waals surface area contributed by atoms with E-state index in [0.29, 0.717) is 17.9 Å². The number of nitrogens with zero attached hydrogens (tertiary/aromatic N) is 3. The van der Waals surface area contributed by atoms with Crippen molar-refractivity contribution in [1.29, 1.82) is 0 Å². The van der Waals surface area contributed by atoms with Crippen LogP contribution in [-0.4, -0.2) is 64.1 Å². The van der Waals surface area contributed by atoms with Gasteiger partial charge in [-0.1, -0.05) is 25.2 Å². The highest BCUT2D eigenvalue weighted by Gasteiger charge is 2.21. The lowest BCUT2D eigenvalue weighted by molar-refractivity contribution is 0.0466. The molecule has 0 amide bonds. The minimum Gasteiger partial charge on any atom is -0.461 e.